The Labute approximate surface area is 138 Å². The van der Waals surface area contributed by atoms with Gasteiger partial charge in [-0.25, -0.2) is 0 Å². The summed E-state index contributed by atoms with van der Waals surface area (Å²) >= 11 is 5.62. The number of halogens is 1. The van der Waals surface area contributed by atoms with Gasteiger partial charge in [0.25, 0.3) is 0 Å². The van der Waals surface area contributed by atoms with Crippen LogP contribution in [0.15, 0.2) is 22.1 Å². The lowest BCUT2D eigenvalue weighted by Gasteiger charge is -2.32. The Morgan fingerprint density at radius 1 is 1.52 bits per heavy atom. The Bertz CT molecular complexity index is 604. The van der Waals surface area contributed by atoms with Gasteiger partial charge >= 0.3 is 0 Å². The predicted molar refractivity (Wildman–Crippen MR) is 92.0 cm³/mol. The fraction of sp³-hybridized carbons (Fsp3) is 0.562. The van der Waals surface area contributed by atoms with Gasteiger partial charge in [-0.05, 0) is 65.7 Å². The monoisotopic (exact) mass is 367 g/mol. The van der Waals surface area contributed by atoms with Crippen molar-refractivity contribution in [2.24, 2.45) is 0 Å². The van der Waals surface area contributed by atoms with E-state index in [4.69, 9.17) is 0 Å². The Hall–Kier alpha value is -0.650. The average Bonchev–Trinajstić information content (AvgIpc) is 3.11. The van der Waals surface area contributed by atoms with Gasteiger partial charge in [0.2, 0.25) is 0 Å². The molecule has 2 aromatic heterocycles. The van der Waals surface area contributed by atoms with Crippen molar-refractivity contribution in [2.75, 3.05) is 6.54 Å². The standard InChI is InChI=1S/C16H22BrN3S/c1-3-18-15(16-13(17)10-19-20(16)4-2)12-6-5-7-14-11(12)8-9-21-14/h8-10,12,15,18H,3-7H2,1-2H3. The number of likely N-dealkylation sites (N-methyl/N-ethyl adjacent to an activating group) is 1. The van der Waals surface area contributed by atoms with Gasteiger partial charge in [0, 0.05) is 17.3 Å². The smallest absolute Gasteiger partial charge is 0.0701 e. The third-order valence-corrected chi connectivity index (χ3v) is 5.96. The second-order valence-corrected chi connectivity index (χ2v) is 7.38. The first-order valence-electron chi connectivity index (χ1n) is 7.77. The molecule has 21 heavy (non-hydrogen) atoms. The van der Waals surface area contributed by atoms with Crippen molar-refractivity contribution in [3.05, 3.63) is 38.3 Å². The van der Waals surface area contributed by atoms with Crippen LogP contribution in [0.4, 0.5) is 0 Å². The molecular formula is C16H22BrN3S. The highest BCUT2D eigenvalue weighted by molar-refractivity contribution is 9.10. The van der Waals surface area contributed by atoms with Crippen LogP contribution in [0.2, 0.25) is 0 Å². The molecule has 0 amide bonds. The van der Waals surface area contributed by atoms with Gasteiger partial charge in [-0.3, -0.25) is 4.68 Å². The molecule has 2 atom stereocenters. The highest BCUT2D eigenvalue weighted by atomic mass is 79.9. The van der Waals surface area contributed by atoms with E-state index in [1.165, 1.54) is 25.0 Å². The van der Waals surface area contributed by atoms with E-state index in [1.807, 2.05) is 17.5 Å². The number of nitrogens with zero attached hydrogens (tertiary/aromatic N) is 2. The van der Waals surface area contributed by atoms with Crippen LogP contribution in [0.5, 0.6) is 0 Å². The largest absolute Gasteiger partial charge is 0.308 e. The molecule has 3 nitrogen and oxygen atoms in total. The number of rotatable bonds is 5. The Morgan fingerprint density at radius 3 is 3.14 bits per heavy atom. The second kappa shape index (κ2) is 6.63. The number of hydrogen-bond acceptors (Lipinski definition) is 3. The summed E-state index contributed by atoms with van der Waals surface area (Å²) < 4.78 is 3.25. The number of aromatic nitrogens is 2. The zero-order valence-corrected chi connectivity index (χ0v) is 15.0. The molecule has 0 saturated heterocycles. The Kier molecular flexibility index (Phi) is 4.82. The third-order valence-electron chi connectivity index (χ3n) is 4.35. The number of nitrogens with one attached hydrogen (secondary N) is 1. The first-order chi connectivity index (χ1) is 10.3. The van der Waals surface area contributed by atoms with E-state index in [1.54, 1.807) is 10.4 Å². The lowest BCUT2D eigenvalue weighted by Crippen LogP contribution is -2.31. The molecule has 1 N–H and O–H groups in total. The maximum absolute atomic E-state index is 4.51. The summed E-state index contributed by atoms with van der Waals surface area (Å²) in [4.78, 5) is 1.58. The van der Waals surface area contributed by atoms with Gasteiger partial charge < -0.3 is 5.32 Å². The van der Waals surface area contributed by atoms with Gasteiger partial charge in [-0.1, -0.05) is 6.92 Å². The Morgan fingerprint density at radius 2 is 2.38 bits per heavy atom. The summed E-state index contributed by atoms with van der Waals surface area (Å²) in [5.41, 5.74) is 2.84. The molecular weight excluding hydrogens is 346 g/mol. The fourth-order valence-electron chi connectivity index (χ4n) is 3.45. The van der Waals surface area contributed by atoms with E-state index < -0.39 is 0 Å². The summed E-state index contributed by atoms with van der Waals surface area (Å²) in [6, 6.07) is 2.66. The van der Waals surface area contributed by atoms with Crippen molar-refractivity contribution in [3.8, 4) is 0 Å². The predicted octanol–water partition coefficient (Wildman–Crippen LogP) is 4.50. The maximum Gasteiger partial charge on any atom is 0.0701 e. The van der Waals surface area contributed by atoms with Crippen LogP contribution in [0.25, 0.3) is 0 Å². The lowest BCUT2D eigenvalue weighted by atomic mass is 9.81. The van der Waals surface area contributed by atoms with E-state index in [9.17, 15) is 0 Å². The van der Waals surface area contributed by atoms with Crippen LogP contribution in [0.1, 0.15) is 54.8 Å². The van der Waals surface area contributed by atoms with Gasteiger partial charge in [-0.2, -0.15) is 5.10 Å². The van der Waals surface area contributed by atoms with Gasteiger partial charge in [0.1, 0.15) is 0 Å². The van der Waals surface area contributed by atoms with Crippen LogP contribution in [-0.4, -0.2) is 16.3 Å². The second-order valence-electron chi connectivity index (χ2n) is 5.53. The summed E-state index contributed by atoms with van der Waals surface area (Å²) in [6.45, 7) is 6.22. The summed E-state index contributed by atoms with van der Waals surface area (Å²) in [5, 5.41) is 10.5. The number of aryl methyl sites for hydroxylation is 2. The topological polar surface area (TPSA) is 29.9 Å². The number of hydrogen-bond donors (Lipinski definition) is 1. The highest BCUT2D eigenvalue weighted by Gasteiger charge is 2.32. The fourth-order valence-corrected chi connectivity index (χ4v) is 4.99. The van der Waals surface area contributed by atoms with Crippen molar-refractivity contribution >= 4 is 27.3 Å². The molecule has 0 radical (unpaired) electrons. The molecule has 2 aromatic rings. The summed E-state index contributed by atoms with van der Waals surface area (Å²) in [7, 11) is 0. The quantitative estimate of drug-likeness (QED) is 0.842. The molecule has 2 heterocycles. The zero-order valence-electron chi connectivity index (χ0n) is 12.6. The molecule has 0 saturated carbocycles. The van der Waals surface area contributed by atoms with Crippen molar-refractivity contribution in [1.82, 2.24) is 15.1 Å². The minimum Gasteiger partial charge on any atom is -0.308 e. The Balaban J connectivity index is 2.02. The van der Waals surface area contributed by atoms with E-state index in [-0.39, 0.29) is 0 Å². The van der Waals surface area contributed by atoms with Crippen LogP contribution in [0.3, 0.4) is 0 Å². The molecule has 1 aliphatic rings. The molecule has 0 bridgehead atoms. The van der Waals surface area contributed by atoms with E-state index in [0.717, 1.165) is 17.6 Å². The third kappa shape index (κ3) is 2.83. The number of fused-ring (bicyclic) bond motifs is 1. The van der Waals surface area contributed by atoms with Crippen LogP contribution >= 0.6 is 27.3 Å². The van der Waals surface area contributed by atoms with Crippen LogP contribution < -0.4 is 5.32 Å². The highest BCUT2D eigenvalue weighted by Crippen LogP contribution is 2.43. The average molecular weight is 368 g/mol. The molecule has 0 fully saturated rings. The SMILES string of the molecule is CCNC(c1c(Br)cnn1CC)C1CCCc2sccc21. The first-order valence-corrected chi connectivity index (χ1v) is 9.44. The minimum absolute atomic E-state index is 0.334. The molecule has 5 heteroatoms. The van der Waals surface area contributed by atoms with Gasteiger partial charge in [-0.15, -0.1) is 11.3 Å². The van der Waals surface area contributed by atoms with Crippen molar-refractivity contribution < 1.29 is 0 Å². The molecule has 0 aliphatic heterocycles. The number of thiophene rings is 1. The molecule has 2 unspecified atom stereocenters. The van der Waals surface area contributed by atoms with Gasteiger partial charge in [0.05, 0.1) is 22.4 Å². The zero-order chi connectivity index (χ0) is 14.8. The molecule has 0 spiro atoms. The normalized spacial score (nSPS) is 19.5. The molecule has 3 rings (SSSR count). The van der Waals surface area contributed by atoms with E-state index in [0.29, 0.717) is 12.0 Å². The minimum atomic E-state index is 0.334. The van der Waals surface area contributed by atoms with Crippen molar-refractivity contribution in [3.63, 3.8) is 0 Å². The summed E-state index contributed by atoms with van der Waals surface area (Å²) in [5.74, 6) is 0.554. The molecule has 114 valence electrons. The first kappa shape index (κ1) is 15.3. The molecule has 0 aromatic carbocycles. The molecule has 1 aliphatic carbocycles. The van der Waals surface area contributed by atoms with Crippen LogP contribution in [0, 0.1) is 0 Å². The lowest BCUT2D eigenvalue weighted by molar-refractivity contribution is 0.386. The van der Waals surface area contributed by atoms with Crippen molar-refractivity contribution in [1.29, 1.82) is 0 Å². The van der Waals surface area contributed by atoms with Gasteiger partial charge in [0.15, 0.2) is 0 Å². The van der Waals surface area contributed by atoms with E-state index in [2.05, 4.69) is 56.3 Å². The maximum atomic E-state index is 4.51. The summed E-state index contributed by atoms with van der Waals surface area (Å²) in [6.07, 6.45) is 5.72. The van der Waals surface area contributed by atoms with E-state index >= 15 is 0 Å². The van der Waals surface area contributed by atoms with Crippen molar-refractivity contribution in [2.45, 2.75) is 51.6 Å². The van der Waals surface area contributed by atoms with Crippen LogP contribution in [-0.2, 0) is 13.0 Å².